The summed E-state index contributed by atoms with van der Waals surface area (Å²) in [5.41, 5.74) is 7.08. The molecule has 0 unspecified atom stereocenters. The first-order chi connectivity index (χ1) is 11.9. The molecule has 0 radical (unpaired) electrons. The highest BCUT2D eigenvalue weighted by molar-refractivity contribution is 7.85. The number of quaternary nitrogens is 1. The van der Waals surface area contributed by atoms with Crippen LogP contribution in [0.2, 0.25) is 0 Å². The lowest BCUT2D eigenvalue weighted by atomic mass is 10.1. The van der Waals surface area contributed by atoms with Crippen LogP contribution in [0.5, 0.6) is 0 Å². The fraction of sp³-hybridized carbons (Fsp3) is 0.100. The molecule has 0 amide bonds. The van der Waals surface area contributed by atoms with Crippen molar-refractivity contribution in [2.24, 2.45) is 0 Å². The summed E-state index contributed by atoms with van der Waals surface area (Å²) in [6.07, 6.45) is 0. The van der Waals surface area contributed by atoms with Gasteiger partial charge in [0.2, 0.25) is 0 Å². The summed E-state index contributed by atoms with van der Waals surface area (Å²) in [6.45, 7) is 2.09. The fourth-order valence-corrected chi connectivity index (χ4v) is 2.70. The standard InChI is InChI=1S/C12H10O3S.C8H11N/c13-16(14,15)12-8-6-11(7-9-12)10-4-2-1-3-5-10;1-7(9)8-5-3-2-4-6-8/h1-9H,(H,13,14,15);2-7H,9H2,1H3/t;7-/m.1/s1. The lowest BCUT2D eigenvalue weighted by molar-refractivity contribution is -0.420. The Hall–Kier alpha value is -2.47. The van der Waals surface area contributed by atoms with E-state index in [0.29, 0.717) is 6.04 Å². The molecule has 0 aromatic heterocycles. The third-order valence-electron chi connectivity index (χ3n) is 3.62. The Morgan fingerprint density at radius 1 is 0.760 bits per heavy atom. The molecule has 4 nitrogen and oxygen atoms in total. The highest BCUT2D eigenvalue weighted by Crippen LogP contribution is 2.20. The van der Waals surface area contributed by atoms with Crippen molar-refractivity contribution in [2.45, 2.75) is 17.9 Å². The van der Waals surface area contributed by atoms with Gasteiger partial charge in [-0.1, -0.05) is 72.8 Å². The van der Waals surface area contributed by atoms with Crippen molar-refractivity contribution in [3.8, 4) is 11.1 Å². The minimum atomic E-state index is -4.35. The molecule has 5 heteroatoms. The van der Waals surface area contributed by atoms with Gasteiger partial charge in [-0.3, -0.25) is 0 Å². The van der Waals surface area contributed by atoms with E-state index in [-0.39, 0.29) is 4.90 Å². The first-order valence-corrected chi connectivity index (χ1v) is 9.28. The molecule has 0 heterocycles. The number of hydrogen-bond donors (Lipinski definition) is 1. The van der Waals surface area contributed by atoms with E-state index in [2.05, 4.69) is 24.8 Å². The van der Waals surface area contributed by atoms with Crippen LogP contribution in [-0.2, 0) is 10.1 Å². The summed E-state index contributed by atoms with van der Waals surface area (Å²) >= 11 is 0. The molecule has 25 heavy (non-hydrogen) atoms. The minimum Gasteiger partial charge on any atom is -0.744 e. The largest absolute Gasteiger partial charge is 0.744 e. The lowest BCUT2D eigenvalue weighted by Gasteiger charge is -2.07. The molecule has 0 saturated carbocycles. The van der Waals surface area contributed by atoms with E-state index in [1.165, 1.54) is 17.7 Å². The number of hydrogen-bond acceptors (Lipinski definition) is 3. The van der Waals surface area contributed by atoms with Crippen LogP contribution in [0.15, 0.2) is 89.8 Å². The van der Waals surface area contributed by atoms with Crippen LogP contribution in [0.4, 0.5) is 0 Å². The summed E-state index contributed by atoms with van der Waals surface area (Å²) < 4.78 is 32.2. The Bertz CT molecular complexity index is 875. The van der Waals surface area contributed by atoms with Gasteiger partial charge in [0.1, 0.15) is 16.2 Å². The van der Waals surface area contributed by atoms with Gasteiger partial charge in [0.25, 0.3) is 0 Å². The molecule has 0 aliphatic rings. The normalized spacial score (nSPS) is 12.0. The summed E-state index contributed by atoms with van der Waals surface area (Å²) in [5, 5.41) is 0. The van der Waals surface area contributed by atoms with Gasteiger partial charge in [-0.25, -0.2) is 8.42 Å². The zero-order chi connectivity index (χ0) is 18.3. The zero-order valence-electron chi connectivity index (χ0n) is 14.0. The van der Waals surface area contributed by atoms with Crippen LogP contribution in [-0.4, -0.2) is 13.0 Å². The van der Waals surface area contributed by atoms with Gasteiger partial charge in [-0.15, -0.1) is 0 Å². The van der Waals surface area contributed by atoms with Crippen LogP contribution < -0.4 is 5.73 Å². The van der Waals surface area contributed by atoms with E-state index >= 15 is 0 Å². The smallest absolute Gasteiger partial charge is 0.124 e. The first kappa shape index (κ1) is 18.9. The molecule has 3 rings (SSSR count). The molecule has 0 saturated heterocycles. The first-order valence-electron chi connectivity index (χ1n) is 7.87. The van der Waals surface area contributed by atoms with Crippen LogP contribution in [0, 0.1) is 0 Å². The minimum absolute atomic E-state index is 0.202. The van der Waals surface area contributed by atoms with Crippen molar-refractivity contribution in [1.82, 2.24) is 0 Å². The maximum absolute atomic E-state index is 10.7. The second-order valence-corrected chi connectivity index (χ2v) is 7.04. The third kappa shape index (κ3) is 5.83. The Kier molecular flexibility index (Phi) is 6.47. The molecule has 3 N–H and O–H groups in total. The van der Waals surface area contributed by atoms with Gasteiger partial charge in [0.05, 0.1) is 4.90 Å². The molecule has 3 aromatic carbocycles. The molecule has 0 spiro atoms. The SMILES string of the molecule is C[C@@H]([NH3+])c1ccccc1.O=S(=O)([O-])c1ccc(-c2ccccc2)cc1. The summed E-state index contributed by atoms with van der Waals surface area (Å²) in [4.78, 5) is -0.202. The molecule has 130 valence electrons. The average Bonchev–Trinajstić information content (AvgIpc) is 2.63. The summed E-state index contributed by atoms with van der Waals surface area (Å²) in [6, 6.07) is 26.1. The average molecular weight is 355 g/mol. The molecule has 0 bridgehead atoms. The lowest BCUT2D eigenvalue weighted by Crippen LogP contribution is -2.51. The van der Waals surface area contributed by atoms with E-state index in [1.807, 2.05) is 48.5 Å². The van der Waals surface area contributed by atoms with Gasteiger partial charge in [-0.05, 0) is 30.2 Å². The topological polar surface area (TPSA) is 84.8 Å². The maximum Gasteiger partial charge on any atom is 0.124 e. The predicted molar refractivity (Wildman–Crippen MR) is 97.6 cm³/mol. The van der Waals surface area contributed by atoms with Gasteiger partial charge >= 0.3 is 0 Å². The highest BCUT2D eigenvalue weighted by atomic mass is 32.2. The Morgan fingerprint density at radius 3 is 1.60 bits per heavy atom. The monoisotopic (exact) mass is 355 g/mol. The van der Waals surface area contributed by atoms with Gasteiger partial charge in [-0.2, -0.15) is 0 Å². The molecule has 0 fully saturated rings. The van der Waals surface area contributed by atoms with Crippen molar-refractivity contribution in [1.29, 1.82) is 0 Å². The van der Waals surface area contributed by atoms with Crippen molar-refractivity contribution in [2.75, 3.05) is 0 Å². The van der Waals surface area contributed by atoms with Crippen molar-refractivity contribution < 1.29 is 18.7 Å². The van der Waals surface area contributed by atoms with Gasteiger partial charge in [0.15, 0.2) is 0 Å². The molecular formula is C20H21NO3S. The molecule has 1 atom stereocenters. The van der Waals surface area contributed by atoms with E-state index in [9.17, 15) is 13.0 Å². The highest BCUT2D eigenvalue weighted by Gasteiger charge is 2.01. The van der Waals surface area contributed by atoms with Crippen LogP contribution in [0.25, 0.3) is 11.1 Å². The van der Waals surface area contributed by atoms with Crippen molar-refractivity contribution in [3.05, 3.63) is 90.5 Å². The number of rotatable bonds is 3. The molecule has 3 aromatic rings. The second-order valence-electron chi connectivity index (χ2n) is 5.66. The third-order valence-corrected chi connectivity index (χ3v) is 4.47. The van der Waals surface area contributed by atoms with Crippen molar-refractivity contribution in [3.63, 3.8) is 0 Å². The maximum atomic E-state index is 10.7. The van der Waals surface area contributed by atoms with Crippen LogP contribution >= 0.6 is 0 Å². The summed E-state index contributed by atoms with van der Waals surface area (Å²) in [7, 11) is -4.35. The predicted octanol–water partition coefficient (Wildman–Crippen LogP) is 3.25. The van der Waals surface area contributed by atoms with Gasteiger partial charge < -0.3 is 10.3 Å². The second kappa shape index (κ2) is 8.58. The summed E-state index contributed by atoms with van der Waals surface area (Å²) in [5.74, 6) is 0. The Labute approximate surface area is 148 Å². The van der Waals surface area contributed by atoms with E-state index in [4.69, 9.17) is 0 Å². The van der Waals surface area contributed by atoms with Crippen molar-refractivity contribution >= 4 is 10.1 Å². The van der Waals surface area contributed by atoms with E-state index in [0.717, 1.165) is 11.1 Å². The zero-order valence-corrected chi connectivity index (χ0v) is 14.8. The Balaban J connectivity index is 0.000000212. The van der Waals surface area contributed by atoms with E-state index < -0.39 is 10.1 Å². The van der Waals surface area contributed by atoms with Gasteiger partial charge in [0, 0.05) is 5.56 Å². The number of benzene rings is 3. The van der Waals surface area contributed by atoms with Crippen LogP contribution in [0.3, 0.4) is 0 Å². The fourth-order valence-electron chi connectivity index (χ4n) is 2.23. The molecule has 0 aliphatic heterocycles. The molecular weight excluding hydrogens is 334 g/mol. The Morgan fingerprint density at radius 2 is 1.20 bits per heavy atom. The quantitative estimate of drug-likeness (QED) is 0.732. The molecule has 0 aliphatic carbocycles. The van der Waals surface area contributed by atoms with Crippen LogP contribution in [0.1, 0.15) is 18.5 Å². The van der Waals surface area contributed by atoms with E-state index in [1.54, 1.807) is 12.1 Å².